The largest absolute Gasteiger partial charge is 0.454 e. The van der Waals surface area contributed by atoms with Crippen molar-refractivity contribution in [2.45, 2.75) is 0 Å². The first-order valence-electron chi connectivity index (χ1n) is 10.6. The van der Waals surface area contributed by atoms with Crippen molar-refractivity contribution in [2.75, 3.05) is 5.32 Å². The van der Waals surface area contributed by atoms with E-state index in [1.807, 2.05) is 41.7 Å². The lowest BCUT2D eigenvalue weighted by Crippen LogP contribution is -2.35. The van der Waals surface area contributed by atoms with Crippen molar-refractivity contribution in [1.82, 2.24) is 5.32 Å². The van der Waals surface area contributed by atoms with Gasteiger partial charge in [0.1, 0.15) is 29.0 Å². The van der Waals surface area contributed by atoms with E-state index in [0.717, 1.165) is 23.8 Å². The molecule has 0 aliphatic heterocycles. The van der Waals surface area contributed by atoms with Crippen LogP contribution in [-0.2, 0) is 0 Å². The van der Waals surface area contributed by atoms with Crippen LogP contribution in [0.2, 0.25) is 10.0 Å². The summed E-state index contributed by atoms with van der Waals surface area (Å²) in [5.74, 6) is -3.13. The lowest BCUT2D eigenvalue weighted by atomic mass is 10.0. The fourth-order valence-corrected chi connectivity index (χ4v) is 3.87. The molecule has 0 aromatic heterocycles. The Bertz CT molecular complexity index is 1540. The molecule has 2 N–H and O–H groups in total. The second kappa shape index (κ2) is 11.1. The molecule has 4 rings (SSSR count). The molecule has 10 heteroatoms. The van der Waals surface area contributed by atoms with E-state index >= 15 is 0 Å². The van der Waals surface area contributed by atoms with Gasteiger partial charge in [-0.05, 0) is 48.0 Å². The fourth-order valence-electron chi connectivity index (χ4n) is 3.44. The van der Waals surface area contributed by atoms with Crippen LogP contribution in [0.5, 0.6) is 11.5 Å². The predicted molar refractivity (Wildman–Crippen MR) is 136 cm³/mol. The van der Waals surface area contributed by atoms with Gasteiger partial charge in [0, 0.05) is 16.3 Å². The molecule has 0 saturated heterocycles. The van der Waals surface area contributed by atoms with E-state index in [1.54, 1.807) is 18.2 Å². The summed E-state index contributed by atoms with van der Waals surface area (Å²) in [5, 5.41) is 14.3. The SMILES string of the molecule is N#Cc1cc(NC(=O)NC(=O)c2c(F)cccc2F)cc(Cl)c1Oc1ccc(Cl)cc1-c1ccccc1. The molecule has 0 bridgehead atoms. The Morgan fingerprint density at radius 3 is 2.27 bits per heavy atom. The Morgan fingerprint density at radius 2 is 1.59 bits per heavy atom. The minimum absolute atomic E-state index is 0.0187. The number of nitrogens with one attached hydrogen (secondary N) is 2. The van der Waals surface area contributed by atoms with E-state index in [4.69, 9.17) is 27.9 Å². The molecule has 0 radical (unpaired) electrons. The number of hydrogen-bond donors (Lipinski definition) is 2. The van der Waals surface area contributed by atoms with Crippen LogP contribution in [0, 0.1) is 23.0 Å². The van der Waals surface area contributed by atoms with E-state index in [1.165, 1.54) is 12.1 Å². The van der Waals surface area contributed by atoms with Gasteiger partial charge in [-0.2, -0.15) is 5.26 Å². The number of rotatable bonds is 5. The van der Waals surface area contributed by atoms with Crippen molar-refractivity contribution in [2.24, 2.45) is 0 Å². The Hall–Kier alpha value is -4.45. The Kier molecular flexibility index (Phi) is 7.68. The van der Waals surface area contributed by atoms with Crippen LogP contribution in [0.4, 0.5) is 19.3 Å². The lowest BCUT2D eigenvalue weighted by molar-refractivity contribution is 0.0959. The second-order valence-corrected chi connectivity index (χ2v) is 8.40. The number of carbonyl (C=O) groups is 2. The summed E-state index contributed by atoms with van der Waals surface area (Å²) in [6.45, 7) is 0. The number of halogens is 4. The third-order valence-corrected chi connectivity index (χ3v) is 5.59. The Balaban J connectivity index is 1.57. The zero-order valence-corrected chi connectivity index (χ0v) is 20.2. The van der Waals surface area contributed by atoms with Crippen LogP contribution in [0.15, 0.2) is 78.9 Å². The summed E-state index contributed by atoms with van der Waals surface area (Å²) in [5.41, 5.74) is 0.583. The van der Waals surface area contributed by atoms with E-state index in [0.29, 0.717) is 16.3 Å². The third-order valence-electron chi connectivity index (χ3n) is 5.08. The minimum atomic E-state index is -1.28. The average Bonchev–Trinajstić information content (AvgIpc) is 2.86. The van der Waals surface area contributed by atoms with Crippen LogP contribution in [0.3, 0.4) is 0 Å². The van der Waals surface area contributed by atoms with Gasteiger partial charge in [-0.15, -0.1) is 0 Å². The smallest absolute Gasteiger partial charge is 0.326 e. The minimum Gasteiger partial charge on any atom is -0.454 e. The maximum absolute atomic E-state index is 13.8. The van der Waals surface area contributed by atoms with Crippen LogP contribution in [0.25, 0.3) is 11.1 Å². The Labute approximate surface area is 220 Å². The number of nitrogens with zero attached hydrogens (tertiary/aromatic N) is 1. The first-order chi connectivity index (χ1) is 17.8. The van der Waals surface area contributed by atoms with Gasteiger partial charge in [0.25, 0.3) is 5.91 Å². The fraction of sp³-hybridized carbons (Fsp3) is 0. The highest BCUT2D eigenvalue weighted by molar-refractivity contribution is 6.32. The molecule has 3 amide bonds. The van der Waals surface area contributed by atoms with Gasteiger partial charge < -0.3 is 10.1 Å². The summed E-state index contributed by atoms with van der Waals surface area (Å²) < 4.78 is 33.6. The molecule has 184 valence electrons. The number of amides is 3. The van der Waals surface area contributed by atoms with Crippen molar-refractivity contribution in [3.63, 3.8) is 0 Å². The second-order valence-electron chi connectivity index (χ2n) is 7.56. The molecule has 0 fully saturated rings. The maximum atomic E-state index is 13.8. The van der Waals surface area contributed by atoms with Crippen LogP contribution >= 0.6 is 23.2 Å². The topological polar surface area (TPSA) is 91.2 Å². The summed E-state index contributed by atoms with van der Waals surface area (Å²) in [6.07, 6.45) is 0. The molecule has 0 aliphatic rings. The maximum Gasteiger partial charge on any atom is 0.326 e. The standard InChI is InChI=1S/C27H15Cl2F2N3O3/c28-17-9-10-23(19(12-17)15-5-2-1-3-6-15)37-25-16(14-32)11-18(13-20(25)29)33-27(36)34-26(35)24-21(30)7-4-8-22(24)31/h1-13H,(H2,33,34,35,36). The molecule has 0 saturated carbocycles. The molecular formula is C27H15Cl2F2N3O3. The average molecular weight is 538 g/mol. The van der Waals surface area contributed by atoms with E-state index in [2.05, 4.69) is 5.32 Å². The molecule has 0 atom stereocenters. The van der Waals surface area contributed by atoms with E-state index in [9.17, 15) is 23.6 Å². The van der Waals surface area contributed by atoms with Gasteiger partial charge in [-0.25, -0.2) is 13.6 Å². The van der Waals surface area contributed by atoms with Gasteiger partial charge in [0.05, 0.1) is 10.6 Å². The summed E-state index contributed by atoms with van der Waals surface area (Å²) >= 11 is 12.6. The normalized spacial score (nSPS) is 10.4. The summed E-state index contributed by atoms with van der Waals surface area (Å²) in [6, 6.07) is 20.5. The van der Waals surface area contributed by atoms with Crippen molar-refractivity contribution in [1.29, 1.82) is 5.26 Å². The van der Waals surface area contributed by atoms with Crippen LogP contribution < -0.4 is 15.4 Å². The van der Waals surface area contributed by atoms with Crippen molar-refractivity contribution in [3.05, 3.63) is 112 Å². The third kappa shape index (κ3) is 5.86. The number of benzene rings is 4. The molecule has 4 aromatic rings. The molecule has 6 nitrogen and oxygen atoms in total. The van der Waals surface area contributed by atoms with E-state index in [-0.39, 0.29) is 22.0 Å². The van der Waals surface area contributed by atoms with Gasteiger partial charge in [0.15, 0.2) is 5.75 Å². The highest BCUT2D eigenvalue weighted by Gasteiger charge is 2.20. The molecule has 37 heavy (non-hydrogen) atoms. The number of hydrogen-bond acceptors (Lipinski definition) is 4. The van der Waals surface area contributed by atoms with Crippen molar-refractivity contribution in [3.8, 4) is 28.7 Å². The first kappa shape index (κ1) is 25.6. The molecule has 0 aliphatic carbocycles. The highest BCUT2D eigenvalue weighted by atomic mass is 35.5. The number of anilines is 1. The molecule has 0 spiro atoms. The number of imide groups is 1. The number of carbonyl (C=O) groups excluding carboxylic acids is 2. The predicted octanol–water partition coefficient (Wildman–Crippen LogP) is 7.56. The number of urea groups is 1. The summed E-state index contributed by atoms with van der Waals surface area (Å²) in [4.78, 5) is 24.4. The van der Waals surface area contributed by atoms with Crippen molar-refractivity contribution >= 4 is 40.8 Å². The first-order valence-corrected chi connectivity index (χ1v) is 11.3. The molecular weight excluding hydrogens is 523 g/mol. The quantitative estimate of drug-likeness (QED) is 0.274. The van der Waals surface area contributed by atoms with Crippen molar-refractivity contribution < 1.29 is 23.1 Å². The zero-order valence-electron chi connectivity index (χ0n) is 18.7. The van der Waals surface area contributed by atoms with E-state index < -0.39 is 29.1 Å². The van der Waals surface area contributed by atoms with Gasteiger partial charge in [-0.1, -0.05) is 59.6 Å². The van der Waals surface area contributed by atoms with Crippen LogP contribution in [0.1, 0.15) is 15.9 Å². The van der Waals surface area contributed by atoms with Gasteiger partial charge in [-0.3, -0.25) is 10.1 Å². The molecule has 4 aromatic carbocycles. The van der Waals surface area contributed by atoms with Gasteiger partial charge >= 0.3 is 6.03 Å². The highest BCUT2D eigenvalue weighted by Crippen LogP contribution is 2.40. The summed E-state index contributed by atoms with van der Waals surface area (Å²) in [7, 11) is 0. The lowest BCUT2D eigenvalue weighted by Gasteiger charge is -2.15. The number of nitriles is 1. The molecule has 0 unspecified atom stereocenters. The monoisotopic (exact) mass is 537 g/mol. The van der Waals surface area contributed by atoms with Crippen LogP contribution in [-0.4, -0.2) is 11.9 Å². The Morgan fingerprint density at radius 1 is 0.892 bits per heavy atom. The number of ether oxygens (including phenoxy) is 1. The zero-order chi connectivity index (χ0) is 26.5. The van der Waals surface area contributed by atoms with Gasteiger partial charge in [0.2, 0.25) is 0 Å². The molecule has 0 heterocycles.